The molecule has 0 amide bonds. The van der Waals surface area contributed by atoms with Gasteiger partial charge >= 0.3 is 0 Å². The Labute approximate surface area is 199 Å². The van der Waals surface area contributed by atoms with Crippen molar-refractivity contribution in [2.24, 2.45) is 16.8 Å². The highest BCUT2D eigenvalue weighted by Crippen LogP contribution is 2.52. The zero-order valence-electron chi connectivity index (χ0n) is 18.3. The third kappa shape index (κ3) is 4.08. The Morgan fingerprint density at radius 1 is 1.30 bits per heavy atom. The van der Waals surface area contributed by atoms with E-state index >= 15 is 0 Å². The van der Waals surface area contributed by atoms with Crippen LogP contribution < -0.4 is 10.7 Å². The van der Waals surface area contributed by atoms with E-state index in [4.69, 9.17) is 22.1 Å². The molecule has 178 valence electrons. The summed E-state index contributed by atoms with van der Waals surface area (Å²) in [5, 5.41) is 6.33. The third-order valence-electron chi connectivity index (χ3n) is 6.99. The molecule has 1 aromatic carbocycles. The van der Waals surface area contributed by atoms with Crippen molar-refractivity contribution in [3.8, 4) is 0 Å². The van der Waals surface area contributed by atoms with Gasteiger partial charge in [0.25, 0.3) is 5.92 Å². The van der Waals surface area contributed by atoms with Crippen LogP contribution in [0.2, 0.25) is 4.34 Å². The SMILES string of the molecule is CC1=NN(c2c(F)cccc2CN)CC1CN1CCC2(CC1)OCC(F)(F)c1cc(Cl)sc12. The van der Waals surface area contributed by atoms with Crippen LogP contribution in [0.3, 0.4) is 0 Å². The number of para-hydroxylation sites is 1. The molecular weight excluding hydrogens is 473 g/mol. The maximum Gasteiger partial charge on any atom is 0.297 e. The van der Waals surface area contributed by atoms with Gasteiger partial charge in [-0.2, -0.15) is 13.9 Å². The molecule has 1 saturated heterocycles. The first-order chi connectivity index (χ1) is 15.7. The minimum atomic E-state index is -3.00. The van der Waals surface area contributed by atoms with Gasteiger partial charge in [0.2, 0.25) is 0 Å². The van der Waals surface area contributed by atoms with E-state index in [2.05, 4.69) is 10.0 Å². The predicted octanol–water partition coefficient (Wildman–Crippen LogP) is 4.92. The predicted molar refractivity (Wildman–Crippen MR) is 125 cm³/mol. The number of nitrogens with zero attached hydrogens (tertiary/aromatic N) is 3. The molecule has 33 heavy (non-hydrogen) atoms. The van der Waals surface area contributed by atoms with Crippen LogP contribution in [0.1, 0.15) is 35.8 Å². The summed E-state index contributed by atoms with van der Waals surface area (Å²) in [4.78, 5) is 2.89. The van der Waals surface area contributed by atoms with Crippen LogP contribution >= 0.6 is 22.9 Å². The number of ether oxygens (including phenoxy) is 1. The second-order valence-electron chi connectivity index (χ2n) is 9.05. The molecule has 3 aliphatic heterocycles. The van der Waals surface area contributed by atoms with Gasteiger partial charge in [0.05, 0.1) is 16.6 Å². The molecule has 4 heterocycles. The van der Waals surface area contributed by atoms with Crippen LogP contribution in [0.5, 0.6) is 0 Å². The van der Waals surface area contributed by atoms with Gasteiger partial charge < -0.3 is 15.4 Å². The number of halogens is 4. The highest BCUT2D eigenvalue weighted by Gasteiger charge is 2.51. The zero-order chi connectivity index (χ0) is 23.4. The van der Waals surface area contributed by atoms with Crippen LogP contribution in [-0.4, -0.2) is 43.4 Å². The fourth-order valence-corrected chi connectivity index (χ4v) is 6.60. The number of thiophene rings is 1. The Balaban J connectivity index is 1.26. The summed E-state index contributed by atoms with van der Waals surface area (Å²) in [5.74, 6) is -3.18. The Bertz CT molecular complexity index is 1080. The lowest BCUT2D eigenvalue weighted by atomic mass is 9.84. The monoisotopic (exact) mass is 498 g/mol. The molecule has 1 unspecified atom stereocenters. The van der Waals surface area contributed by atoms with Gasteiger partial charge in [0, 0.05) is 48.2 Å². The summed E-state index contributed by atoms with van der Waals surface area (Å²) in [6.07, 6.45) is 1.26. The van der Waals surface area contributed by atoms with Crippen molar-refractivity contribution in [2.45, 2.75) is 37.8 Å². The average molecular weight is 499 g/mol. The lowest BCUT2D eigenvalue weighted by Gasteiger charge is -2.45. The van der Waals surface area contributed by atoms with Crippen LogP contribution in [-0.2, 0) is 22.8 Å². The number of piperidine rings is 1. The summed E-state index contributed by atoms with van der Waals surface area (Å²) in [6.45, 7) is 4.38. The molecule has 5 nitrogen and oxygen atoms in total. The van der Waals surface area contributed by atoms with Crippen molar-refractivity contribution in [1.29, 1.82) is 0 Å². The molecule has 3 aliphatic rings. The zero-order valence-corrected chi connectivity index (χ0v) is 19.9. The minimum absolute atomic E-state index is 0.0206. The van der Waals surface area contributed by atoms with Crippen molar-refractivity contribution >= 4 is 34.3 Å². The minimum Gasteiger partial charge on any atom is -0.363 e. The van der Waals surface area contributed by atoms with Gasteiger partial charge in [-0.05, 0) is 37.5 Å². The van der Waals surface area contributed by atoms with E-state index in [1.807, 2.05) is 13.0 Å². The molecule has 5 rings (SSSR count). The summed E-state index contributed by atoms with van der Waals surface area (Å²) in [6, 6.07) is 6.29. The number of alkyl halides is 2. The quantitative estimate of drug-likeness (QED) is 0.650. The van der Waals surface area contributed by atoms with Crippen LogP contribution in [0.25, 0.3) is 0 Å². The van der Waals surface area contributed by atoms with E-state index in [9.17, 15) is 13.2 Å². The number of likely N-dealkylation sites (tertiary alicyclic amines) is 1. The van der Waals surface area contributed by atoms with Crippen molar-refractivity contribution in [2.75, 3.05) is 37.8 Å². The Morgan fingerprint density at radius 2 is 2.06 bits per heavy atom. The Morgan fingerprint density at radius 3 is 2.79 bits per heavy atom. The molecule has 0 saturated carbocycles. The standard InChI is InChI=1S/C23H26ClF3N4OS/c1-14-16(12-31(29-14)20-15(10-28)3-2-4-18(20)25)11-30-7-5-22(6-8-30)21-17(9-19(24)33-21)23(26,27)13-32-22/h2-4,9,16H,5-8,10-13,28H2,1H3. The van der Waals surface area contributed by atoms with Gasteiger partial charge in [-0.3, -0.25) is 5.01 Å². The van der Waals surface area contributed by atoms with Gasteiger partial charge in [-0.15, -0.1) is 11.3 Å². The largest absolute Gasteiger partial charge is 0.363 e. The van der Waals surface area contributed by atoms with Gasteiger partial charge in [0.15, 0.2) is 0 Å². The fraction of sp³-hybridized carbons (Fsp3) is 0.522. The van der Waals surface area contributed by atoms with Gasteiger partial charge in [-0.25, -0.2) is 4.39 Å². The lowest BCUT2D eigenvalue weighted by molar-refractivity contribution is -0.181. The summed E-state index contributed by atoms with van der Waals surface area (Å²) in [7, 11) is 0. The van der Waals surface area contributed by atoms with E-state index in [-0.39, 0.29) is 23.8 Å². The van der Waals surface area contributed by atoms with E-state index in [0.29, 0.717) is 34.3 Å². The van der Waals surface area contributed by atoms with Gasteiger partial charge in [-0.1, -0.05) is 23.7 Å². The molecule has 1 atom stereocenters. The van der Waals surface area contributed by atoms with Crippen LogP contribution in [0, 0.1) is 11.7 Å². The summed E-state index contributed by atoms with van der Waals surface area (Å²) >= 11 is 7.31. The average Bonchev–Trinajstić information content (AvgIpc) is 3.36. The number of nitrogens with two attached hydrogens (primary N) is 1. The molecule has 2 aromatic rings. The third-order valence-corrected chi connectivity index (χ3v) is 8.44. The molecule has 2 N–H and O–H groups in total. The smallest absolute Gasteiger partial charge is 0.297 e. The lowest BCUT2D eigenvalue weighted by Crippen LogP contribution is -2.50. The van der Waals surface area contributed by atoms with E-state index < -0.39 is 18.1 Å². The number of hydrogen-bond donors (Lipinski definition) is 1. The summed E-state index contributed by atoms with van der Waals surface area (Å²) in [5.41, 5.74) is 7.25. The molecular formula is C23H26ClF3N4OS. The molecule has 1 fully saturated rings. The number of anilines is 1. The second-order valence-corrected chi connectivity index (χ2v) is 10.7. The molecule has 0 aliphatic carbocycles. The fourth-order valence-electron chi connectivity index (χ4n) is 5.12. The number of rotatable bonds is 4. The van der Waals surface area contributed by atoms with Crippen molar-refractivity contribution < 1.29 is 17.9 Å². The Kier molecular flexibility index (Phi) is 5.98. The van der Waals surface area contributed by atoms with Crippen LogP contribution in [0.4, 0.5) is 18.9 Å². The molecule has 0 radical (unpaired) electrons. The topological polar surface area (TPSA) is 54.1 Å². The number of hydrazone groups is 1. The Hall–Kier alpha value is -1.65. The summed E-state index contributed by atoms with van der Waals surface area (Å²) < 4.78 is 49.4. The highest BCUT2D eigenvalue weighted by atomic mass is 35.5. The number of benzene rings is 1. The van der Waals surface area contributed by atoms with Crippen LogP contribution in [0.15, 0.2) is 29.4 Å². The number of fused-ring (bicyclic) bond motifs is 2. The normalized spacial score (nSPS) is 24.2. The van der Waals surface area contributed by atoms with Crippen molar-refractivity contribution in [3.05, 3.63) is 50.4 Å². The first kappa shape index (κ1) is 23.1. The van der Waals surface area contributed by atoms with E-state index in [0.717, 1.165) is 30.9 Å². The van der Waals surface area contributed by atoms with Crippen molar-refractivity contribution in [3.63, 3.8) is 0 Å². The highest BCUT2D eigenvalue weighted by molar-refractivity contribution is 7.16. The molecule has 1 aromatic heterocycles. The second kappa shape index (κ2) is 8.53. The number of hydrogen-bond acceptors (Lipinski definition) is 6. The molecule has 1 spiro atoms. The maximum atomic E-state index is 14.5. The first-order valence-corrected chi connectivity index (χ1v) is 12.3. The molecule has 0 bridgehead atoms. The van der Waals surface area contributed by atoms with E-state index in [1.54, 1.807) is 11.1 Å². The molecule has 10 heteroatoms. The van der Waals surface area contributed by atoms with Gasteiger partial charge in [0.1, 0.15) is 18.0 Å². The maximum absolute atomic E-state index is 14.5. The van der Waals surface area contributed by atoms with E-state index in [1.165, 1.54) is 23.5 Å². The van der Waals surface area contributed by atoms with Crippen molar-refractivity contribution in [1.82, 2.24) is 4.90 Å². The first-order valence-electron chi connectivity index (χ1n) is 11.1.